The van der Waals surface area contributed by atoms with Crippen LogP contribution in [0.5, 0.6) is 0 Å². The Morgan fingerprint density at radius 2 is 1.86 bits per heavy atom. The van der Waals surface area contributed by atoms with Crippen LogP contribution in [-0.4, -0.2) is 35.8 Å². The molecule has 0 amide bonds. The summed E-state index contributed by atoms with van der Waals surface area (Å²) < 4.78 is 39.3. The van der Waals surface area contributed by atoms with E-state index < -0.39 is 15.8 Å². The molecule has 5 nitrogen and oxygen atoms in total. The molecule has 1 saturated heterocycles. The van der Waals surface area contributed by atoms with Crippen LogP contribution in [0.2, 0.25) is 0 Å². The molecule has 2 heterocycles. The molecule has 0 radical (unpaired) electrons. The third-order valence-electron chi connectivity index (χ3n) is 3.81. The van der Waals surface area contributed by atoms with E-state index in [4.69, 9.17) is 0 Å². The Kier molecular flexibility index (Phi) is 3.77. The first-order valence-electron chi connectivity index (χ1n) is 6.82. The van der Waals surface area contributed by atoms with Gasteiger partial charge in [0.15, 0.2) is 0 Å². The Morgan fingerprint density at radius 1 is 1.19 bits per heavy atom. The fourth-order valence-corrected chi connectivity index (χ4v) is 4.10. The number of piperidine rings is 1. The van der Waals surface area contributed by atoms with Gasteiger partial charge in [-0.25, -0.2) is 17.8 Å². The summed E-state index contributed by atoms with van der Waals surface area (Å²) in [6, 6.07) is 4.96. The fraction of sp³-hybridized carbons (Fsp3) is 0.357. The van der Waals surface area contributed by atoms with E-state index in [0.29, 0.717) is 13.1 Å². The number of benzene rings is 1. The molecule has 0 aliphatic carbocycles. The monoisotopic (exact) mass is 309 g/mol. The Hall–Kier alpha value is -1.73. The van der Waals surface area contributed by atoms with Crippen molar-refractivity contribution >= 4 is 10.0 Å². The minimum atomic E-state index is -3.53. The molecule has 0 bridgehead atoms. The second-order valence-electron chi connectivity index (χ2n) is 5.11. The van der Waals surface area contributed by atoms with Crippen molar-refractivity contribution in [3.05, 3.63) is 48.3 Å². The molecule has 0 saturated carbocycles. The lowest BCUT2D eigenvalue weighted by Gasteiger charge is -2.30. The van der Waals surface area contributed by atoms with Crippen molar-refractivity contribution in [2.45, 2.75) is 23.7 Å². The zero-order chi connectivity index (χ0) is 14.9. The number of H-pyrrole nitrogens is 1. The fourth-order valence-electron chi connectivity index (χ4n) is 2.63. The highest BCUT2D eigenvalue weighted by Gasteiger charge is 2.30. The van der Waals surface area contributed by atoms with Gasteiger partial charge in [0.1, 0.15) is 11.6 Å². The SMILES string of the molecule is O=S(=O)(c1ccc(F)cc1)N1CCC(c2ncc[nH]2)CC1. The zero-order valence-corrected chi connectivity index (χ0v) is 12.2. The summed E-state index contributed by atoms with van der Waals surface area (Å²) >= 11 is 0. The third kappa shape index (κ3) is 2.84. The van der Waals surface area contributed by atoms with Crippen molar-refractivity contribution < 1.29 is 12.8 Å². The molecule has 7 heteroatoms. The highest BCUT2D eigenvalue weighted by molar-refractivity contribution is 7.89. The summed E-state index contributed by atoms with van der Waals surface area (Å²) in [4.78, 5) is 7.45. The van der Waals surface area contributed by atoms with E-state index in [1.54, 1.807) is 12.4 Å². The molecule has 21 heavy (non-hydrogen) atoms. The zero-order valence-electron chi connectivity index (χ0n) is 11.4. The van der Waals surface area contributed by atoms with Gasteiger partial charge in [0.2, 0.25) is 10.0 Å². The second kappa shape index (κ2) is 5.57. The first-order valence-corrected chi connectivity index (χ1v) is 8.26. The molecular formula is C14H16FN3O2S. The molecule has 0 atom stereocenters. The molecule has 0 spiro atoms. The molecule has 3 rings (SSSR count). The summed E-state index contributed by atoms with van der Waals surface area (Å²) in [5.41, 5.74) is 0. The number of halogens is 1. The van der Waals surface area contributed by atoms with Crippen LogP contribution in [0, 0.1) is 5.82 Å². The van der Waals surface area contributed by atoms with Crippen LogP contribution >= 0.6 is 0 Å². The number of nitrogens with one attached hydrogen (secondary N) is 1. The minimum Gasteiger partial charge on any atom is -0.348 e. The molecular weight excluding hydrogens is 293 g/mol. The van der Waals surface area contributed by atoms with Crippen LogP contribution in [0.4, 0.5) is 4.39 Å². The summed E-state index contributed by atoms with van der Waals surface area (Å²) in [6.07, 6.45) is 4.94. The third-order valence-corrected chi connectivity index (χ3v) is 5.72. The summed E-state index contributed by atoms with van der Waals surface area (Å²) in [5.74, 6) is 0.735. The van der Waals surface area contributed by atoms with E-state index in [0.717, 1.165) is 18.7 Å². The Bertz CT molecular complexity index is 690. The first kappa shape index (κ1) is 14.2. The van der Waals surface area contributed by atoms with E-state index in [2.05, 4.69) is 9.97 Å². The molecule has 1 aliphatic heterocycles. The predicted octanol–water partition coefficient (Wildman–Crippen LogP) is 2.12. The Labute approximate surface area is 122 Å². The van der Waals surface area contributed by atoms with E-state index in [-0.39, 0.29) is 10.8 Å². The minimum absolute atomic E-state index is 0.139. The van der Waals surface area contributed by atoms with Crippen molar-refractivity contribution in [1.82, 2.24) is 14.3 Å². The molecule has 1 aromatic carbocycles. The van der Waals surface area contributed by atoms with Crippen molar-refractivity contribution in [2.75, 3.05) is 13.1 Å². The summed E-state index contributed by atoms with van der Waals surface area (Å²) in [6.45, 7) is 0.899. The maximum atomic E-state index is 12.9. The van der Waals surface area contributed by atoms with Crippen molar-refractivity contribution in [2.24, 2.45) is 0 Å². The normalized spacial score (nSPS) is 18.0. The molecule has 0 unspecified atom stereocenters. The van der Waals surface area contributed by atoms with Crippen LogP contribution in [0.15, 0.2) is 41.6 Å². The van der Waals surface area contributed by atoms with Gasteiger partial charge >= 0.3 is 0 Å². The van der Waals surface area contributed by atoms with Crippen LogP contribution in [0.25, 0.3) is 0 Å². The highest BCUT2D eigenvalue weighted by atomic mass is 32.2. The van der Waals surface area contributed by atoms with Crippen LogP contribution in [-0.2, 0) is 10.0 Å². The van der Waals surface area contributed by atoms with Gasteiger partial charge in [-0.15, -0.1) is 0 Å². The standard InChI is InChI=1S/C14H16FN3O2S/c15-12-1-3-13(4-2-12)21(19,20)18-9-5-11(6-10-18)14-16-7-8-17-14/h1-4,7-8,11H,5-6,9-10H2,(H,16,17). The average Bonchev–Trinajstić information content (AvgIpc) is 3.02. The van der Waals surface area contributed by atoms with Gasteiger partial charge in [-0.05, 0) is 37.1 Å². The molecule has 1 N–H and O–H groups in total. The average molecular weight is 309 g/mol. The molecule has 2 aromatic rings. The van der Waals surface area contributed by atoms with E-state index in [1.807, 2.05) is 0 Å². The lowest BCUT2D eigenvalue weighted by atomic mass is 9.98. The molecule has 1 aliphatic rings. The lowest BCUT2D eigenvalue weighted by molar-refractivity contribution is 0.314. The number of imidazole rings is 1. The van der Waals surface area contributed by atoms with Crippen LogP contribution in [0.3, 0.4) is 0 Å². The highest BCUT2D eigenvalue weighted by Crippen LogP contribution is 2.28. The summed E-state index contributed by atoms with van der Waals surface area (Å²) in [7, 11) is -3.53. The predicted molar refractivity (Wildman–Crippen MR) is 75.7 cm³/mol. The van der Waals surface area contributed by atoms with E-state index >= 15 is 0 Å². The number of rotatable bonds is 3. The number of sulfonamides is 1. The van der Waals surface area contributed by atoms with Gasteiger partial charge in [-0.2, -0.15) is 4.31 Å². The van der Waals surface area contributed by atoms with Crippen molar-refractivity contribution in [1.29, 1.82) is 0 Å². The Morgan fingerprint density at radius 3 is 2.43 bits per heavy atom. The molecule has 1 aromatic heterocycles. The van der Waals surface area contributed by atoms with Crippen molar-refractivity contribution in [3.63, 3.8) is 0 Å². The number of aromatic amines is 1. The van der Waals surface area contributed by atoms with Gasteiger partial charge in [0.25, 0.3) is 0 Å². The Balaban J connectivity index is 1.72. The van der Waals surface area contributed by atoms with E-state index in [1.165, 1.54) is 28.6 Å². The molecule has 1 fully saturated rings. The summed E-state index contributed by atoms with van der Waals surface area (Å²) in [5, 5.41) is 0. The maximum Gasteiger partial charge on any atom is 0.243 e. The first-order chi connectivity index (χ1) is 10.1. The van der Waals surface area contributed by atoms with Gasteiger partial charge in [0, 0.05) is 31.4 Å². The van der Waals surface area contributed by atoms with Gasteiger partial charge < -0.3 is 4.98 Å². The van der Waals surface area contributed by atoms with Crippen LogP contribution in [0.1, 0.15) is 24.6 Å². The smallest absolute Gasteiger partial charge is 0.243 e. The van der Waals surface area contributed by atoms with Crippen molar-refractivity contribution in [3.8, 4) is 0 Å². The quantitative estimate of drug-likeness (QED) is 0.944. The van der Waals surface area contributed by atoms with Gasteiger partial charge in [-0.3, -0.25) is 0 Å². The van der Waals surface area contributed by atoms with E-state index in [9.17, 15) is 12.8 Å². The largest absolute Gasteiger partial charge is 0.348 e. The number of nitrogens with zero attached hydrogens (tertiary/aromatic N) is 2. The van der Waals surface area contributed by atoms with Gasteiger partial charge in [-0.1, -0.05) is 0 Å². The topological polar surface area (TPSA) is 66.1 Å². The number of aromatic nitrogens is 2. The van der Waals surface area contributed by atoms with Crippen LogP contribution < -0.4 is 0 Å². The maximum absolute atomic E-state index is 12.9. The number of hydrogen-bond donors (Lipinski definition) is 1. The number of hydrogen-bond acceptors (Lipinski definition) is 3. The molecule has 112 valence electrons. The lowest BCUT2D eigenvalue weighted by Crippen LogP contribution is -2.38. The second-order valence-corrected chi connectivity index (χ2v) is 7.04. The van der Waals surface area contributed by atoms with Gasteiger partial charge in [0.05, 0.1) is 4.90 Å².